The van der Waals surface area contributed by atoms with Crippen LogP contribution < -0.4 is 31.5 Å². The van der Waals surface area contributed by atoms with Crippen LogP contribution >= 0.6 is 11.6 Å². The predicted octanol–water partition coefficient (Wildman–Crippen LogP) is 5.97. The Morgan fingerprint density at radius 2 is 1.68 bits per heavy atom. The first-order valence-electron chi connectivity index (χ1n) is 24.6. The fourth-order valence-corrected chi connectivity index (χ4v) is 9.43. The molecular formula is C52H61ClN12O8. The second-order valence-electron chi connectivity index (χ2n) is 19.2. The molecule has 1 aliphatic carbocycles. The Morgan fingerprint density at radius 3 is 2.41 bits per heavy atom. The fourth-order valence-electron chi connectivity index (χ4n) is 9.29. The highest BCUT2D eigenvalue weighted by Crippen LogP contribution is 2.31. The zero-order valence-electron chi connectivity index (χ0n) is 41.5. The van der Waals surface area contributed by atoms with Gasteiger partial charge in [-0.25, -0.2) is 19.6 Å². The van der Waals surface area contributed by atoms with Crippen LogP contribution in [0.25, 0.3) is 0 Å². The molecule has 3 aliphatic heterocycles. The average Bonchev–Trinajstić information content (AvgIpc) is 3.71. The number of benzene rings is 2. The van der Waals surface area contributed by atoms with Gasteiger partial charge in [-0.3, -0.25) is 24.5 Å². The van der Waals surface area contributed by atoms with Crippen molar-refractivity contribution in [3.05, 3.63) is 94.4 Å². The molecule has 7 amide bonds. The van der Waals surface area contributed by atoms with Gasteiger partial charge in [0.15, 0.2) is 11.5 Å². The number of fused-ring (bicyclic) bond motifs is 1. The highest BCUT2D eigenvalue weighted by molar-refractivity contribution is 6.33. The van der Waals surface area contributed by atoms with Crippen molar-refractivity contribution in [3.8, 4) is 11.8 Å². The van der Waals surface area contributed by atoms with Crippen LogP contribution in [-0.2, 0) is 25.6 Å². The second kappa shape index (κ2) is 23.4. The molecule has 8 rings (SSSR count). The molecule has 21 heteroatoms. The van der Waals surface area contributed by atoms with Gasteiger partial charge in [0, 0.05) is 99.9 Å². The predicted molar refractivity (Wildman–Crippen MR) is 274 cm³/mol. The lowest BCUT2D eigenvalue weighted by Gasteiger charge is -2.39. The van der Waals surface area contributed by atoms with E-state index >= 15 is 0 Å². The summed E-state index contributed by atoms with van der Waals surface area (Å²) < 4.78 is 11.8. The fraction of sp³-hybridized carbons (Fsp3) is 0.442. The number of carbonyl (C=O) groups is 6. The number of carbonyl (C=O) groups excluding carboxylic acids is 6. The van der Waals surface area contributed by atoms with Crippen LogP contribution in [0.5, 0.6) is 0 Å². The molecule has 5 N–H and O–H groups in total. The molecule has 73 heavy (non-hydrogen) atoms. The first kappa shape index (κ1) is 51.8. The van der Waals surface area contributed by atoms with Gasteiger partial charge in [0.1, 0.15) is 16.7 Å². The number of rotatable bonds is 14. The van der Waals surface area contributed by atoms with Crippen LogP contribution in [0.1, 0.15) is 97.7 Å². The van der Waals surface area contributed by atoms with Crippen LogP contribution in [0.15, 0.2) is 67.0 Å². The van der Waals surface area contributed by atoms with Crippen LogP contribution in [0.4, 0.5) is 38.4 Å². The molecule has 1 atom stereocenters. The van der Waals surface area contributed by atoms with Crippen molar-refractivity contribution in [2.75, 3.05) is 68.5 Å². The largest absolute Gasteiger partial charge is 0.444 e. The summed E-state index contributed by atoms with van der Waals surface area (Å²) in [7, 11) is 1.53. The van der Waals surface area contributed by atoms with Crippen LogP contribution in [0.3, 0.4) is 0 Å². The van der Waals surface area contributed by atoms with Crippen molar-refractivity contribution >= 4 is 76.2 Å². The van der Waals surface area contributed by atoms with Crippen molar-refractivity contribution in [3.63, 3.8) is 0 Å². The van der Waals surface area contributed by atoms with Gasteiger partial charge in [-0.05, 0) is 107 Å². The molecule has 1 unspecified atom stereocenters. The molecule has 1 saturated carbocycles. The molecule has 2 aromatic heterocycles. The van der Waals surface area contributed by atoms with Gasteiger partial charge in [-0.1, -0.05) is 29.5 Å². The number of pyridine rings is 1. The summed E-state index contributed by atoms with van der Waals surface area (Å²) in [5.41, 5.74) is 3.73. The van der Waals surface area contributed by atoms with E-state index in [-0.39, 0.29) is 66.1 Å². The second-order valence-corrected chi connectivity index (χ2v) is 19.6. The maximum Gasteiger partial charge on any atom is 0.410 e. The highest BCUT2D eigenvalue weighted by atomic mass is 35.5. The Morgan fingerprint density at radius 1 is 0.918 bits per heavy atom. The third-order valence-electron chi connectivity index (χ3n) is 13.0. The normalized spacial score (nSPS) is 18.7. The summed E-state index contributed by atoms with van der Waals surface area (Å²) in [6.45, 7) is 9.19. The average molecular weight is 1020 g/mol. The molecule has 2 aromatic carbocycles. The number of piperidine rings is 1. The number of ether oxygens (including phenoxy) is 2. The molecule has 3 fully saturated rings. The smallest absolute Gasteiger partial charge is 0.410 e. The number of urea groups is 1. The number of halogens is 1. The lowest BCUT2D eigenvalue weighted by molar-refractivity contribution is -0.136. The molecule has 0 spiro atoms. The zero-order chi connectivity index (χ0) is 51.6. The number of anilines is 5. The number of piperazine rings is 1. The Hall–Kier alpha value is -7.50. The Labute approximate surface area is 429 Å². The molecule has 20 nitrogen and oxygen atoms in total. The monoisotopic (exact) mass is 1020 g/mol. The van der Waals surface area contributed by atoms with Crippen molar-refractivity contribution in [1.82, 2.24) is 45.6 Å². The van der Waals surface area contributed by atoms with Gasteiger partial charge in [0.25, 0.3) is 11.8 Å². The number of hydrogen-bond acceptors (Lipinski definition) is 14. The van der Waals surface area contributed by atoms with Gasteiger partial charge < -0.3 is 50.3 Å². The van der Waals surface area contributed by atoms with E-state index in [1.54, 1.807) is 29.2 Å². The lowest BCUT2D eigenvalue weighted by atomic mass is 9.90. The maximum absolute atomic E-state index is 13.5. The zero-order valence-corrected chi connectivity index (χ0v) is 42.2. The number of nitrogens with one attached hydrogen (secondary N) is 5. The first-order valence-corrected chi connectivity index (χ1v) is 25.0. The van der Waals surface area contributed by atoms with Gasteiger partial charge in [-0.2, -0.15) is 4.98 Å². The van der Waals surface area contributed by atoms with Gasteiger partial charge in [-0.15, -0.1) is 0 Å². The Kier molecular flexibility index (Phi) is 16.6. The molecule has 4 aromatic rings. The van der Waals surface area contributed by atoms with E-state index in [1.165, 1.54) is 24.3 Å². The molecule has 384 valence electrons. The molecule has 0 bridgehead atoms. The number of imide groups is 1. The third kappa shape index (κ3) is 13.1. The first-order chi connectivity index (χ1) is 35.1. The van der Waals surface area contributed by atoms with E-state index in [4.69, 9.17) is 21.1 Å². The SMILES string of the molecule is CNC(=O)c1ncccc1Nc1nc(Nc2ccc(N3CCN(C(=O)NC4CCC(N(CCOCCC#Cc5cccc6c5CN(C5CCC(=O)NC5=O)C6=O)C(=O)OC(C)(C)C)CC4)CC3)cc2)ncc1Cl. The topological polar surface area (TPSA) is 233 Å². The molecule has 2 saturated heterocycles. The third-order valence-corrected chi connectivity index (χ3v) is 13.3. The molecule has 0 radical (unpaired) electrons. The summed E-state index contributed by atoms with van der Waals surface area (Å²) in [6, 6.07) is 15.8. The molecule has 5 heterocycles. The lowest BCUT2D eigenvalue weighted by Crippen LogP contribution is -2.54. The summed E-state index contributed by atoms with van der Waals surface area (Å²) in [5, 5.41) is 14.7. The van der Waals surface area contributed by atoms with E-state index in [0.717, 1.165) is 16.9 Å². The van der Waals surface area contributed by atoms with E-state index in [2.05, 4.69) is 58.3 Å². The Bertz CT molecular complexity index is 2760. The van der Waals surface area contributed by atoms with E-state index in [0.29, 0.717) is 106 Å². The molecule has 4 aliphatic rings. The minimum atomic E-state index is -0.695. The minimum absolute atomic E-state index is 0.0199. The number of hydrogen-bond donors (Lipinski definition) is 5. The minimum Gasteiger partial charge on any atom is -0.444 e. The Balaban J connectivity index is 0.762. The van der Waals surface area contributed by atoms with E-state index in [9.17, 15) is 28.8 Å². The quantitative estimate of drug-likeness (QED) is 0.0557. The van der Waals surface area contributed by atoms with Crippen LogP contribution in [-0.4, -0.2) is 142 Å². The van der Waals surface area contributed by atoms with Gasteiger partial charge in [0.2, 0.25) is 17.8 Å². The van der Waals surface area contributed by atoms with Gasteiger partial charge >= 0.3 is 12.1 Å². The molecular weight excluding hydrogens is 956 g/mol. The summed E-state index contributed by atoms with van der Waals surface area (Å²) in [5.74, 6) is 5.54. The standard InChI is InChI=1S/C52H61ClN12O8/c1-52(2,3)73-51(71)64(28-30-72-29-6-5-9-33-10-7-11-38-39(33)32-65(48(38)69)42-21-22-43(66)60-46(42)67)37-19-15-35(16-20-37)58-50(70)63-26-24-62(25-27-63)36-17-13-34(14-18-36)57-49-56-31-40(53)45(61-49)59-41-12-8-23-55-44(41)47(68)54-4/h7-8,10-14,17-18,23,31,35,37,42H,6,15-16,19-22,24-30,32H2,1-4H3,(H,54,68)(H,58,70)(H,60,66,67)(H2,56,57,59,61). The summed E-state index contributed by atoms with van der Waals surface area (Å²) >= 11 is 6.40. The number of aromatic nitrogens is 3. The van der Waals surface area contributed by atoms with Crippen molar-refractivity contribution in [1.29, 1.82) is 0 Å². The summed E-state index contributed by atoms with van der Waals surface area (Å²) in [4.78, 5) is 97.0. The van der Waals surface area contributed by atoms with E-state index < -0.39 is 23.6 Å². The highest BCUT2D eigenvalue weighted by Gasteiger charge is 2.40. The van der Waals surface area contributed by atoms with Crippen molar-refractivity contribution in [2.24, 2.45) is 0 Å². The number of nitrogens with zero attached hydrogens (tertiary/aromatic N) is 7. The van der Waals surface area contributed by atoms with E-state index in [1.807, 2.05) is 56.0 Å². The number of amides is 7. The van der Waals surface area contributed by atoms with Gasteiger partial charge in [0.05, 0.1) is 25.1 Å². The maximum atomic E-state index is 13.5. The summed E-state index contributed by atoms with van der Waals surface area (Å²) in [6.07, 6.45) is 6.34. The van der Waals surface area contributed by atoms with Crippen LogP contribution in [0.2, 0.25) is 5.02 Å². The van der Waals surface area contributed by atoms with Crippen molar-refractivity contribution in [2.45, 2.75) is 96.0 Å². The van der Waals surface area contributed by atoms with Crippen molar-refractivity contribution < 1.29 is 38.2 Å². The van der Waals surface area contributed by atoms with Crippen LogP contribution in [0, 0.1) is 11.8 Å².